The number of halogens is 1. The molecule has 1 amide bonds. The van der Waals surface area contributed by atoms with Crippen LogP contribution in [0.5, 0.6) is 0 Å². The van der Waals surface area contributed by atoms with Crippen molar-refractivity contribution in [3.63, 3.8) is 0 Å². The Hall–Kier alpha value is -1.91. The van der Waals surface area contributed by atoms with Crippen LogP contribution in [0.4, 0.5) is 10.1 Å². The van der Waals surface area contributed by atoms with Gasteiger partial charge in [-0.3, -0.25) is 4.79 Å². The molecule has 0 aliphatic carbocycles. The van der Waals surface area contributed by atoms with Gasteiger partial charge in [0.25, 0.3) is 0 Å². The zero-order valence-electron chi connectivity index (χ0n) is 13.0. The van der Waals surface area contributed by atoms with Crippen molar-refractivity contribution in [2.75, 3.05) is 5.32 Å². The van der Waals surface area contributed by atoms with Crippen molar-refractivity contribution < 1.29 is 19.1 Å². The summed E-state index contributed by atoms with van der Waals surface area (Å²) in [5.41, 5.74) is 0.771. The second-order valence-electron chi connectivity index (χ2n) is 5.42. The molecule has 0 saturated heterocycles. The summed E-state index contributed by atoms with van der Waals surface area (Å²) in [6, 6.07) is 6.04. The maximum atomic E-state index is 13.2. The fourth-order valence-corrected chi connectivity index (χ4v) is 2.21. The molecule has 1 rings (SSSR count). The number of amides is 1. The fraction of sp³-hybridized carbons (Fsp3) is 0.529. The van der Waals surface area contributed by atoms with Gasteiger partial charge in [0.2, 0.25) is 5.91 Å². The average Bonchev–Trinajstić information content (AvgIpc) is 2.47. The molecule has 0 aliphatic heterocycles. The Labute approximate surface area is 130 Å². The van der Waals surface area contributed by atoms with E-state index >= 15 is 0 Å². The average molecular weight is 309 g/mol. The number of hydrogen-bond donors (Lipinski definition) is 2. The minimum Gasteiger partial charge on any atom is -0.478 e. The van der Waals surface area contributed by atoms with Gasteiger partial charge in [-0.05, 0) is 43.5 Å². The first-order valence-corrected chi connectivity index (χ1v) is 7.80. The lowest BCUT2D eigenvalue weighted by Crippen LogP contribution is -2.11. The number of benzene rings is 1. The van der Waals surface area contributed by atoms with Crippen LogP contribution in [0.1, 0.15) is 62.2 Å². The van der Waals surface area contributed by atoms with E-state index in [0.717, 1.165) is 25.7 Å². The van der Waals surface area contributed by atoms with Crippen molar-refractivity contribution in [2.45, 2.75) is 58.0 Å². The van der Waals surface area contributed by atoms with E-state index in [1.165, 1.54) is 12.1 Å². The number of unbranched alkanes of at least 4 members (excludes halogenated alkanes) is 2. The summed E-state index contributed by atoms with van der Waals surface area (Å²) in [5.74, 6) is -1.10. The van der Waals surface area contributed by atoms with Gasteiger partial charge >= 0.3 is 5.97 Å². The Morgan fingerprint density at radius 1 is 1.14 bits per heavy atom. The maximum Gasteiger partial charge on any atom is 0.335 e. The van der Waals surface area contributed by atoms with Crippen molar-refractivity contribution in [3.05, 3.63) is 29.8 Å². The van der Waals surface area contributed by atoms with Crippen LogP contribution in [0.3, 0.4) is 0 Å². The molecular weight excluding hydrogens is 285 g/mol. The van der Waals surface area contributed by atoms with Crippen LogP contribution in [0, 0.1) is 0 Å². The summed E-state index contributed by atoms with van der Waals surface area (Å²) < 4.78 is 13.2. The summed E-state index contributed by atoms with van der Waals surface area (Å²) in [5, 5.41) is 11.5. The van der Waals surface area contributed by atoms with Crippen molar-refractivity contribution in [1.29, 1.82) is 0 Å². The normalized spacial score (nSPS) is 11.9. The molecule has 2 N–H and O–H groups in total. The molecule has 5 heteroatoms. The van der Waals surface area contributed by atoms with Crippen LogP contribution in [-0.2, 0) is 4.79 Å². The van der Waals surface area contributed by atoms with Gasteiger partial charge in [-0.15, -0.1) is 0 Å². The topological polar surface area (TPSA) is 66.4 Å². The SMILES string of the molecule is CCCC(F)CCCCCC(=O)Nc1ccc(C(=O)O)cc1. The van der Waals surface area contributed by atoms with Gasteiger partial charge in [-0.2, -0.15) is 0 Å². The highest BCUT2D eigenvalue weighted by atomic mass is 19.1. The van der Waals surface area contributed by atoms with Crippen molar-refractivity contribution in [3.8, 4) is 0 Å². The fourth-order valence-electron chi connectivity index (χ4n) is 2.21. The number of anilines is 1. The quantitative estimate of drug-likeness (QED) is 0.629. The highest BCUT2D eigenvalue weighted by molar-refractivity contribution is 5.92. The minimum absolute atomic E-state index is 0.103. The number of alkyl halides is 1. The molecule has 1 unspecified atom stereocenters. The second kappa shape index (κ2) is 9.92. The molecule has 0 heterocycles. The van der Waals surface area contributed by atoms with Gasteiger partial charge in [0, 0.05) is 12.1 Å². The highest BCUT2D eigenvalue weighted by Gasteiger charge is 2.06. The lowest BCUT2D eigenvalue weighted by atomic mass is 10.1. The highest BCUT2D eigenvalue weighted by Crippen LogP contribution is 2.14. The molecule has 4 nitrogen and oxygen atoms in total. The van der Waals surface area contributed by atoms with E-state index in [9.17, 15) is 14.0 Å². The maximum absolute atomic E-state index is 13.2. The van der Waals surface area contributed by atoms with Crippen LogP contribution < -0.4 is 5.32 Å². The first-order chi connectivity index (χ1) is 10.5. The molecular formula is C17H24FNO3. The summed E-state index contributed by atoms with van der Waals surface area (Å²) >= 11 is 0. The Morgan fingerprint density at radius 3 is 2.41 bits per heavy atom. The number of rotatable bonds is 10. The van der Waals surface area contributed by atoms with Gasteiger partial charge in [0.1, 0.15) is 6.17 Å². The predicted molar refractivity (Wildman–Crippen MR) is 84.9 cm³/mol. The van der Waals surface area contributed by atoms with E-state index in [-0.39, 0.29) is 11.5 Å². The van der Waals surface area contributed by atoms with Gasteiger partial charge < -0.3 is 10.4 Å². The van der Waals surface area contributed by atoms with Crippen LogP contribution >= 0.6 is 0 Å². The molecule has 0 saturated carbocycles. The Bertz CT molecular complexity index is 473. The van der Waals surface area contributed by atoms with E-state index in [1.807, 2.05) is 6.92 Å². The zero-order valence-corrected chi connectivity index (χ0v) is 13.0. The van der Waals surface area contributed by atoms with E-state index in [1.54, 1.807) is 12.1 Å². The van der Waals surface area contributed by atoms with Crippen LogP contribution in [-0.4, -0.2) is 23.2 Å². The Balaban J connectivity index is 2.19. The van der Waals surface area contributed by atoms with Gasteiger partial charge in [-0.25, -0.2) is 9.18 Å². The molecule has 22 heavy (non-hydrogen) atoms. The molecule has 1 atom stereocenters. The number of carboxylic acid groups (broad SMARTS) is 1. The van der Waals surface area contributed by atoms with Crippen molar-refractivity contribution >= 4 is 17.6 Å². The number of hydrogen-bond acceptors (Lipinski definition) is 2. The molecule has 0 aromatic heterocycles. The Morgan fingerprint density at radius 2 is 1.82 bits per heavy atom. The van der Waals surface area contributed by atoms with Crippen molar-refractivity contribution in [1.82, 2.24) is 0 Å². The first-order valence-electron chi connectivity index (χ1n) is 7.80. The third-order valence-electron chi connectivity index (χ3n) is 3.44. The van der Waals surface area contributed by atoms with Crippen molar-refractivity contribution in [2.24, 2.45) is 0 Å². The lowest BCUT2D eigenvalue weighted by molar-refractivity contribution is -0.116. The molecule has 0 spiro atoms. The summed E-state index contributed by atoms with van der Waals surface area (Å²) in [6.07, 6.45) is 4.12. The number of carbonyl (C=O) groups excluding carboxylic acids is 1. The third kappa shape index (κ3) is 7.20. The number of carbonyl (C=O) groups is 2. The molecule has 0 fully saturated rings. The van der Waals surface area contributed by atoms with Gasteiger partial charge in [0.15, 0.2) is 0 Å². The third-order valence-corrected chi connectivity index (χ3v) is 3.44. The summed E-state index contributed by atoms with van der Waals surface area (Å²) in [6.45, 7) is 1.97. The minimum atomic E-state index is -0.993. The van der Waals surface area contributed by atoms with E-state index in [2.05, 4.69) is 5.32 Å². The molecule has 122 valence electrons. The number of nitrogens with one attached hydrogen (secondary N) is 1. The molecule has 1 aromatic rings. The second-order valence-corrected chi connectivity index (χ2v) is 5.42. The molecule has 1 aromatic carbocycles. The summed E-state index contributed by atoms with van der Waals surface area (Å²) in [4.78, 5) is 22.4. The van der Waals surface area contributed by atoms with E-state index in [0.29, 0.717) is 24.9 Å². The largest absolute Gasteiger partial charge is 0.478 e. The van der Waals surface area contributed by atoms with E-state index < -0.39 is 12.1 Å². The smallest absolute Gasteiger partial charge is 0.335 e. The van der Waals surface area contributed by atoms with E-state index in [4.69, 9.17) is 5.11 Å². The Kier molecular flexibility index (Phi) is 8.18. The summed E-state index contributed by atoms with van der Waals surface area (Å²) in [7, 11) is 0. The van der Waals surface area contributed by atoms with Gasteiger partial charge in [0.05, 0.1) is 5.56 Å². The zero-order chi connectivity index (χ0) is 16.4. The molecule has 0 radical (unpaired) electrons. The monoisotopic (exact) mass is 309 g/mol. The van der Waals surface area contributed by atoms with Crippen LogP contribution in [0.25, 0.3) is 0 Å². The molecule has 0 bridgehead atoms. The lowest BCUT2D eigenvalue weighted by Gasteiger charge is -2.07. The van der Waals surface area contributed by atoms with Gasteiger partial charge in [-0.1, -0.05) is 26.2 Å². The predicted octanol–water partition coefficient (Wildman–Crippen LogP) is 4.41. The standard InChI is InChI=1S/C17H24FNO3/c1-2-6-14(18)7-4-3-5-8-16(20)19-15-11-9-13(10-12-15)17(21)22/h9-12,14H,2-8H2,1H3,(H,19,20)(H,21,22). The molecule has 0 aliphatic rings. The number of aromatic carboxylic acids is 1. The van der Waals surface area contributed by atoms with Crippen LogP contribution in [0.2, 0.25) is 0 Å². The number of carboxylic acids is 1. The van der Waals surface area contributed by atoms with Crippen LogP contribution in [0.15, 0.2) is 24.3 Å². The first kappa shape index (κ1) is 18.1.